The van der Waals surface area contributed by atoms with Crippen molar-refractivity contribution in [1.29, 1.82) is 0 Å². The number of alkyl halides is 1. The summed E-state index contributed by atoms with van der Waals surface area (Å²) >= 11 is -0.919. The quantitative estimate of drug-likeness (QED) is 0.382. The Kier molecular flexibility index (Phi) is 5.87. The highest BCUT2D eigenvalue weighted by Crippen LogP contribution is 2.41. The standard InChI is InChI=1S/C18H11F7N2OS/c19-9-2-1-7-26-16(9)18(24)5-3-8(4-6-18)17(28)27-14-12(22)10(20)11(21)13(23)15(14)29-25/h1-3,7H,4-6H2,(H,27,28). The normalized spacial score (nSPS) is 19.1. The third-order valence-corrected chi connectivity index (χ3v) is 5.01. The van der Waals surface area contributed by atoms with Gasteiger partial charge >= 0.3 is 0 Å². The van der Waals surface area contributed by atoms with Crippen molar-refractivity contribution < 1.29 is 35.0 Å². The number of carbonyl (C=O) groups is 1. The third-order valence-electron chi connectivity index (χ3n) is 4.48. The minimum absolute atomic E-state index is 0.103. The van der Waals surface area contributed by atoms with E-state index < -0.39 is 75.5 Å². The molecular weight excluding hydrogens is 425 g/mol. The summed E-state index contributed by atoms with van der Waals surface area (Å²) in [4.78, 5) is 14.7. The summed E-state index contributed by atoms with van der Waals surface area (Å²) in [6, 6.07) is 2.32. The molecule has 0 fully saturated rings. The van der Waals surface area contributed by atoms with Crippen LogP contribution in [0.1, 0.15) is 25.0 Å². The second-order valence-electron chi connectivity index (χ2n) is 6.22. The van der Waals surface area contributed by atoms with Gasteiger partial charge in [0.2, 0.25) is 0 Å². The van der Waals surface area contributed by atoms with Crippen LogP contribution in [0.2, 0.25) is 0 Å². The molecule has 1 heterocycles. The molecule has 0 radical (unpaired) electrons. The van der Waals surface area contributed by atoms with Gasteiger partial charge in [-0.2, -0.15) is 3.89 Å². The number of anilines is 1. The van der Waals surface area contributed by atoms with Crippen LogP contribution in [0.25, 0.3) is 0 Å². The summed E-state index contributed by atoms with van der Waals surface area (Å²) in [6.07, 6.45) is 1.28. The highest BCUT2D eigenvalue weighted by molar-refractivity contribution is 7.94. The van der Waals surface area contributed by atoms with E-state index in [1.807, 2.05) is 0 Å². The van der Waals surface area contributed by atoms with E-state index >= 15 is 4.39 Å². The fraction of sp³-hybridized carbons (Fsp3) is 0.222. The van der Waals surface area contributed by atoms with Crippen LogP contribution >= 0.6 is 12.1 Å². The molecule has 0 saturated heterocycles. The Hall–Kier alpha value is -2.56. The highest BCUT2D eigenvalue weighted by atomic mass is 32.2. The summed E-state index contributed by atoms with van der Waals surface area (Å²) < 4.78 is 95.9. The largest absolute Gasteiger partial charge is 0.319 e. The second-order valence-corrected chi connectivity index (χ2v) is 6.79. The molecule has 1 aliphatic rings. The van der Waals surface area contributed by atoms with Crippen LogP contribution in [0.15, 0.2) is 34.9 Å². The maximum atomic E-state index is 15.0. The number of nitrogens with zero attached hydrogens (tertiary/aromatic N) is 1. The molecule has 1 aromatic carbocycles. The lowest BCUT2D eigenvalue weighted by atomic mass is 9.84. The zero-order chi connectivity index (χ0) is 21.3. The molecule has 1 aliphatic carbocycles. The molecule has 154 valence electrons. The number of hydrogen-bond acceptors (Lipinski definition) is 3. The van der Waals surface area contributed by atoms with Gasteiger partial charge in [-0.15, -0.1) is 0 Å². The van der Waals surface area contributed by atoms with Crippen molar-refractivity contribution in [3.63, 3.8) is 0 Å². The number of aromatic nitrogens is 1. The zero-order valence-corrected chi connectivity index (χ0v) is 15.2. The van der Waals surface area contributed by atoms with Crippen molar-refractivity contribution in [1.82, 2.24) is 4.98 Å². The van der Waals surface area contributed by atoms with Gasteiger partial charge in [0.25, 0.3) is 5.91 Å². The smallest absolute Gasteiger partial charge is 0.251 e. The molecule has 1 aromatic heterocycles. The van der Waals surface area contributed by atoms with Crippen LogP contribution in [0, 0.1) is 29.1 Å². The number of amides is 1. The number of carbonyl (C=O) groups excluding carboxylic acids is 1. The highest BCUT2D eigenvalue weighted by Gasteiger charge is 2.39. The van der Waals surface area contributed by atoms with E-state index in [1.165, 1.54) is 12.3 Å². The van der Waals surface area contributed by atoms with Crippen molar-refractivity contribution >= 4 is 23.7 Å². The van der Waals surface area contributed by atoms with E-state index in [0.29, 0.717) is 0 Å². The summed E-state index contributed by atoms with van der Waals surface area (Å²) in [7, 11) is 0. The lowest BCUT2D eigenvalue weighted by molar-refractivity contribution is -0.113. The van der Waals surface area contributed by atoms with Crippen molar-refractivity contribution in [3.05, 3.63) is 64.8 Å². The third kappa shape index (κ3) is 3.83. The van der Waals surface area contributed by atoms with Gasteiger partial charge in [0, 0.05) is 18.2 Å². The molecule has 29 heavy (non-hydrogen) atoms. The van der Waals surface area contributed by atoms with Gasteiger partial charge in [-0.3, -0.25) is 9.78 Å². The monoisotopic (exact) mass is 436 g/mol. The van der Waals surface area contributed by atoms with E-state index in [1.54, 1.807) is 5.32 Å². The Morgan fingerprint density at radius 3 is 2.38 bits per heavy atom. The Balaban J connectivity index is 1.85. The van der Waals surface area contributed by atoms with Crippen molar-refractivity contribution in [2.75, 3.05) is 5.32 Å². The minimum Gasteiger partial charge on any atom is -0.319 e. The van der Waals surface area contributed by atoms with Gasteiger partial charge in [-0.05, 0) is 25.0 Å². The summed E-state index contributed by atoms with van der Waals surface area (Å²) in [6.45, 7) is 0. The molecule has 3 rings (SSSR count). The fourth-order valence-electron chi connectivity index (χ4n) is 2.95. The average Bonchev–Trinajstić information content (AvgIpc) is 2.71. The predicted molar refractivity (Wildman–Crippen MR) is 90.8 cm³/mol. The van der Waals surface area contributed by atoms with Crippen LogP contribution in [0.3, 0.4) is 0 Å². The molecule has 1 amide bonds. The SMILES string of the molecule is O=C(Nc1c(F)c(F)c(F)c(F)c1SF)C1=CCC(F)(c2ncccc2F)CC1. The Labute approximate surface area is 164 Å². The van der Waals surface area contributed by atoms with Crippen molar-refractivity contribution in [2.45, 2.75) is 29.8 Å². The van der Waals surface area contributed by atoms with Crippen molar-refractivity contribution in [2.24, 2.45) is 0 Å². The molecule has 11 heteroatoms. The van der Waals surface area contributed by atoms with E-state index in [0.717, 1.165) is 12.1 Å². The molecular formula is C18H11F7N2OS. The molecule has 0 saturated carbocycles. The van der Waals surface area contributed by atoms with E-state index in [2.05, 4.69) is 4.98 Å². The maximum absolute atomic E-state index is 15.0. The fourth-order valence-corrected chi connectivity index (χ4v) is 3.32. The topological polar surface area (TPSA) is 42.0 Å². The first-order valence-corrected chi connectivity index (χ1v) is 8.86. The van der Waals surface area contributed by atoms with Crippen LogP contribution in [-0.2, 0) is 10.5 Å². The summed E-state index contributed by atoms with van der Waals surface area (Å²) in [5.74, 6) is -10.4. The van der Waals surface area contributed by atoms with Crippen LogP contribution in [0.4, 0.5) is 35.9 Å². The molecule has 0 spiro atoms. The summed E-state index contributed by atoms with van der Waals surface area (Å²) in [5, 5.41) is 1.78. The van der Waals surface area contributed by atoms with Gasteiger partial charge in [0.15, 0.2) is 28.9 Å². The number of pyridine rings is 1. The van der Waals surface area contributed by atoms with Gasteiger partial charge in [-0.25, -0.2) is 26.3 Å². The maximum Gasteiger partial charge on any atom is 0.251 e. The van der Waals surface area contributed by atoms with E-state index in [-0.39, 0.29) is 18.4 Å². The number of rotatable bonds is 4. The second kappa shape index (κ2) is 8.05. The molecule has 0 aliphatic heterocycles. The van der Waals surface area contributed by atoms with Crippen LogP contribution in [-0.4, -0.2) is 10.9 Å². The molecule has 1 unspecified atom stereocenters. The average molecular weight is 436 g/mol. The lowest BCUT2D eigenvalue weighted by Gasteiger charge is -2.28. The molecule has 1 N–H and O–H groups in total. The molecule has 2 aromatic rings. The number of allylic oxidation sites excluding steroid dienone is 1. The first-order chi connectivity index (χ1) is 13.7. The van der Waals surface area contributed by atoms with E-state index in [4.69, 9.17) is 0 Å². The number of halogens is 7. The number of benzene rings is 1. The Bertz CT molecular complexity index is 1010. The van der Waals surface area contributed by atoms with Gasteiger partial charge in [-0.1, -0.05) is 6.08 Å². The van der Waals surface area contributed by atoms with Crippen LogP contribution < -0.4 is 5.32 Å². The molecule has 0 bridgehead atoms. The first-order valence-electron chi connectivity index (χ1n) is 8.14. The molecule has 3 nitrogen and oxygen atoms in total. The van der Waals surface area contributed by atoms with Gasteiger partial charge in [0.05, 0.1) is 17.8 Å². The van der Waals surface area contributed by atoms with Gasteiger partial charge in [0.1, 0.15) is 16.4 Å². The predicted octanol–water partition coefficient (Wildman–Crippen LogP) is 5.67. The Morgan fingerprint density at radius 2 is 1.79 bits per heavy atom. The molecule has 1 atom stereocenters. The Morgan fingerprint density at radius 1 is 1.10 bits per heavy atom. The lowest BCUT2D eigenvalue weighted by Crippen LogP contribution is -2.28. The van der Waals surface area contributed by atoms with Gasteiger partial charge < -0.3 is 5.32 Å². The number of nitrogens with one attached hydrogen (secondary N) is 1. The minimum atomic E-state index is -2.22. The van der Waals surface area contributed by atoms with E-state index in [9.17, 15) is 30.6 Å². The zero-order valence-electron chi connectivity index (χ0n) is 14.3. The summed E-state index contributed by atoms with van der Waals surface area (Å²) in [5.41, 5.74) is -3.93. The van der Waals surface area contributed by atoms with Crippen LogP contribution in [0.5, 0.6) is 0 Å². The first kappa shape index (κ1) is 21.2. The van der Waals surface area contributed by atoms with Crippen molar-refractivity contribution in [3.8, 4) is 0 Å². The number of hydrogen-bond donors (Lipinski definition) is 1.